The zero-order chi connectivity index (χ0) is 22.5. The minimum atomic E-state index is -0.480. The number of ether oxygens (including phenoxy) is 1. The Bertz CT molecular complexity index is 676. The Balaban J connectivity index is 0.00000512. The number of guanidine groups is 1. The highest BCUT2D eigenvalue weighted by Crippen LogP contribution is 2.09. The van der Waals surface area contributed by atoms with Crippen LogP contribution in [0.4, 0.5) is 10.7 Å². The number of nitrogens with one attached hydrogen (secondary N) is 3. The number of halogens is 1. The van der Waals surface area contributed by atoms with Gasteiger partial charge in [0.25, 0.3) is 0 Å². The summed E-state index contributed by atoms with van der Waals surface area (Å²) in [6.45, 7) is 15.2. The lowest BCUT2D eigenvalue weighted by Gasteiger charge is -2.34. The number of anilines is 1. The fraction of sp³-hybridized carbons (Fsp3) is 0.714. The number of carbonyl (C=O) groups is 1. The van der Waals surface area contributed by atoms with Crippen LogP contribution < -0.4 is 20.9 Å². The van der Waals surface area contributed by atoms with E-state index in [0.717, 1.165) is 64.1 Å². The number of rotatable bonds is 9. The topological polar surface area (TPSA) is 107 Å². The Morgan fingerprint density at radius 3 is 2.41 bits per heavy atom. The van der Waals surface area contributed by atoms with Crippen LogP contribution in [0.15, 0.2) is 23.5 Å². The molecule has 11 heteroatoms. The third kappa shape index (κ3) is 11.7. The molecule has 10 nitrogen and oxygen atoms in total. The Kier molecular flexibility index (Phi) is 13.2. The first-order valence-corrected chi connectivity index (χ1v) is 11.1. The van der Waals surface area contributed by atoms with E-state index in [1.807, 2.05) is 33.8 Å². The fourth-order valence-corrected chi connectivity index (χ4v) is 3.07. The molecule has 1 aliphatic heterocycles. The van der Waals surface area contributed by atoms with Crippen molar-refractivity contribution in [2.75, 3.05) is 63.8 Å². The summed E-state index contributed by atoms with van der Waals surface area (Å²) >= 11 is 0. The van der Waals surface area contributed by atoms with Crippen LogP contribution in [-0.4, -0.2) is 91.4 Å². The molecule has 182 valence electrons. The van der Waals surface area contributed by atoms with Gasteiger partial charge >= 0.3 is 6.09 Å². The van der Waals surface area contributed by atoms with Gasteiger partial charge in [-0.05, 0) is 40.2 Å². The molecule has 0 aliphatic carbocycles. The van der Waals surface area contributed by atoms with Crippen LogP contribution in [0.2, 0.25) is 0 Å². The SMILES string of the molecule is CCNC(=NCCCNC(=O)OC(C)(C)C)NCCN1CCN(c2ncccn2)CC1.I. The van der Waals surface area contributed by atoms with Crippen LogP contribution in [0, 0.1) is 0 Å². The van der Waals surface area contributed by atoms with Crippen molar-refractivity contribution in [3.63, 3.8) is 0 Å². The molecule has 3 N–H and O–H groups in total. The van der Waals surface area contributed by atoms with Crippen LogP contribution in [0.5, 0.6) is 0 Å². The summed E-state index contributed by atoms with van der Waals surface area (Å²) in [5.41, 5.74) is -0.480. The van der Waals surface area contributed by atoms with E-state index in [4.69, 9.17) is 4.74 Å². The van der Waals surface area contributed by atoms with E-state index >= 15 is 0 Å². The smallest absolute Gasteiger partial charge is 0.407 e. The lowest BCUT2D eigenvalue weighted by molar-refractivity contribution is 0.0527. The summed E-state index contributed by atoms with van der Waals surface area (Å²) < 4.78 is 5.22. The van der Waals surface area contributed by atoms with Gasteiger partial charge in [0.1, 0.15) is 5.60 Å². The number of hydrogen-bond acceptors (Lipinski definition) is 7. The highest BCUT2D eigenvalue weighted by Gasteiger charge is 2.18. The van der Waals surface area contributed by atoms with Gasteiger partial charge in [0.2, 0.25) is 5.95 Å². The van der Waals surface area contributed by atoms with Gasteiger partial charge < -0.3 is 25.6 Å². The maximum absolute atomic E-state index is 11.6. The average molecular weight is 563 g/mol. The molecule has 1 fully saturated rings. The zero-order valence-corrected chi connectivity index (χ0v) is 22.1. The highest BCUT2D eigenvalue weighted by molar-refractivity contribution is 14.0. The van der Waals surface area contributed by atoms with E-state index in [1.165, 1.54) is 0 Å². The summed E-state index contributed by atoms with van der Waals surface area (Å²) in [6.07, 6.45) is 3.93. The molecule has 2 heterocycles. The summed E-state index contributed by atoms with van der Waals surface area (Å²) in [7, 11) is 0. The molecular formula is C21H39IN8O2. The van der Waals surface area contributed by atoms with E-state index < -0.39 is 5.60 Å². The Morgan fingerprint density at radius 2 is 1.78 bits per heavy atom. The molecule has 2 rings (SSSR count). The maximum atomic E-state index is 11.6. The lowest BCUT2D eigenvalue weighted by atomic mass is 10.2. The van der Waals surface area contributed by atoms with E-state index in [2.05, 4.69) is 40.7 Å². The van der Waals surface area contributed by atoms with Crippen molar-refractivity contribution in [2.24, 2.45) is 4.99 Å². The quantitative estimate of drug-likeness (QED) is 0.181. The van der Waals surface area contributed by atoms with Gasteiger partial charge in [0.15, 0.2) is 5.96 Å². The Hall–Kier alpha value is -1.89. The minimum absolute atomic E-state index is 0. The Labute approximate surface area is 209 Å². The molecule has 1 aromatic heterocycles. The normalized spacial score (nSPS) is 15.0. The van der Waals surface area contributed by atoms with Crippen molar-refractivity contribution in [3.8, 4) is 0 Å². The summed E-state index contributed by atoms with van der Waals surface area (Å²) in [5, 5.41) is 9.41. The van der Waals surface area contributed by atoms with Crippen LogP contribution in [0.3, 0.4) is 0 Å². The largest absolute Gasteiger partial charge is 0.444 e. The molecule has 0 saturated carbocycles. The number of nitrogens with zero attached hydrogens (tertiary/aromatic N) is 5. The molecule has 0 atom stereocenters. The monoisotopic (exact) mass is 562 g/mol. The van der Waals surface area contributed by atoms with E-state index in [1.54, 1.807) is 12.4 Å². The van der Waals surface area contributed by atoms with Crippen LogP contribution in [0.25, 0.3) is 0 Å². The second-order valence-electron chi connectivity index (χ2n) is 8.35. The molecule has 32 heavy (non-hydrogen) atoms. The standard InChI is InChI=1S/C21H38N8O2.HI/c1-5-22-18(23-8-6-11-27-20(30)31-21(2,3)4)24-12-13-28-14-16-29(17-15-28)19-25-9-7-10-26-19;/h7,9-10H,5-6,8,11-17H2,1-4H3,(H,27,30)(H2,22,23,24);1H. The van der Waals surface area contributed by atoms with Crippen LogP contribution >= 0.6 is 24.0 Å². The number of piperazine rings is 1. The number of hydrogen-bond donors (Lipinski definition) is 3. The third-order valence-electron chi connectivity index (χ3n) is 4.55. The third-order valence-corrected chi connectivity index (χ3v) is 4.55. The average Bonchev–Trinajstić information content (AvgIpc) is 2.73. The second-order valence-corrected chi connectivity index (χ2v) is 8.35. The van der Waals surface area contributed by atoms with Gasteiger partial charge in [0.05, 0.1) is 0 Å². The number of alkyl carbamates (subject to hydrolysis) is 1. The van der Waals surface area contributed by atoms with Gasteiger partial charge in [-0.3, -0.25) is 9.89 Å². The van der Waals surface area contributed by atoms with Crippen LogP contribution in [-0.2, 0) is 4.74 Å². The molecule has 1 aromatic rings. The number of aromatic nitrogens is 2. The second kappa shape index (κ2) is 15.0. The lowest BCUT2D eigenvalue weighted by Crippen LogP contribution is -2.49. The van der Waals surface area contributed by atoms with Crippen molar-refractivity contribution in [2.45, 2.75) is 39.7 Å². The van der Waals surface area contributed by atoms with Crippen molar-refractivity contribution < 1.29 is 9.53 Å². The van der Waals surface area contributed by atoms with Crippen molar-refractivity contribution in [3.05, 3.63) is 18.5 Å². The fourth-order valence-electron chi connectivity index (χ4n) is 3.07. The molecule has 1 aliphatic rings. The molecule has 0 aromatic carbocycles. The number of amides is 1. The zero-order valence-electron chi connectivity index (χ0n) is 19.8. The van der Waals surface area contributed by atoms with Crippen molar-refractivity contribution in [1.29, 1.82) is 0 Å². The van der Waals surface area contributed by atoms with E-state index in [9.17, 15) is 4.79 Å². The summed E-state index contributed by atoms with van der Waals surface area (Å²) in [4.78, 5) is 29.5. The predicted octanol–water partition coefficient (Wildman–Crippen LogP) is 1.69. The maximum Gasteiger partial charge on any atom is 0.407 e. The minimum Gasteiger partial charge on any atom is -0.444 e. The molecule has 0 radical (unpaired) electrons. The molecule has 0 unspecified atom stereocenters. The van der Waals surface area contributed by atoms with Gasteiger partial charge in [-0.25, -0.2) is 14.8 Å². The number of carbonyl (C=O) groups excluding carboxylic acids is 1. The first kappa shape index (κ1) is 28.1. The van der Waals surface area contributed by atoms with Gasteiger partial charge in [-0.2, -0.15) is 0 Å². The van der Waals surface area contributed by atoms with Gasteiger partial charge in [-0.15, -0.1) is 24.0 Å². The van der Waals surface area contributed by atoms with Crippen molar-refractivity contribution >= 4 is 42.0 Å². The first-order valence-electron chi connectivity index (χ1n) is 11.1. The molecule has 1 amide bonds. The molecule has 1 saturated heterocycles. The Morgan fingerprint density at radius 1 is 1.09 bits per heavy atom. The molecule has 0 spiro atoms. The molecule has 0 bridgehead atoms. The molecular weight excluding hydrogens is 523 g/mol. The number of aliphatic imine (C=N–C) groups is 1. The van der Waals surface area contributed by atoms with E-state index in [0.29, 0.717) is 13.1 Å². The van der Waals surface area contributed by atoms with Crippen molar-refractivity contribution in [1.82, 2.24) is 30.8 Å². The predicted molar refractivity (Wildman–Crippen MR) is 139 cm³/mol. The van der Waals surface area contributed by atoms with Gasteiger partial charge in [0, 0.05) is 71.3 Å². The first-order chi connectivity index (χ1) is 14.9. The van der Waals surface area contributed by atoms with Gasteiger partial charge in [-0.1, -0.05) is 0 Å². The van der Waals surface area contributed by atoms with Crippen LogP contribution in [0.1, 0.15) is 34.1 Å². The van der Waals surface area contributed by atoms with E-state index in [-0.39, 0.29) is 30.1 Å². The summed E-state index contributed by atoms with van der Waals surface area (Å²) in [6, 6.07) is 1.84. The highest BCUT2D eigenvalue weighted by atomic mass is 127. The summed E-state index contributed by atoms with van der Waals surface area (Å²) in [5.74, 6) is 1.61.